The molecule has 10 heteroatoms. The van der Waals surface area contributed by atoms with Crippen LogP contribution in [0.5, 0.6) is 11.5 Å². The van der Waals surface area contributed by atoms with Crippen LogP contribution in [0, 0.1) is 5.92 Å². The monoisotopic (exact) mass is 495 g/mol. The largest absolute Gasteiger partial charge is 0.514 e. The molecule has 0 aliphatic heterocycles. The minimum atomic E-state index is -0.946. The van der Waals surface area contributed by atoms with Gasteiger partial charge in [-0.25, -0.2) is 14.8 Å². The van der Waals surface area contributed by atoms with E-state index in [0.29, 0.717) is 17.6 Å². The SMILES string of the molecule is COc1ccnc(C(=O)N[C@@H](C)c2nc(-c3ccc(C(C)C)cc3)nn2C)c1OC(=O)OCC(C)C. The van der Waals surface area contributed by atoms with Crippen molar-refractivity contribution >= 4 is 12.1 Å². The second-order valence-corrected chi connectivity index (χ2v) is 9.14. The second-order valence-electron chi connectivity index (χ2n) is 9.14. The van der Waals surface area contributed by atoms with Gasteiger partial charge in [-0.15, -0.1) is 0 Å². The van der Waals surface area contributed by atoms with Crippen LogP contribution < -0.4 is 14.8 Å². The lowest BCUT2D eigenvalue weighted by Crippen LogP contribution is -2.30. The minimum Gasteiger partial charge on any atom is -0.493 e. The summed E-state index contributed by atoms with van der Waals surface area (Å²) in [6.45, 7) is 10.0. The van der Waals surface area contributed by atoms with Gasteiger partial charge in [0.25, 0.3) is 5.91 Å². The van der Waals surface area contributed by atoms with Gasteiger partial charge in [-0.05, 0) is 24.3 Å². The fraction of sp³-hybridized carbons (Fsp3) is 0.423. The molecule has 36 heavy (non-hydrogen) atoms. The lowest BCUT2D eigenvalue weighted by atomic mass is 10.0. The molecule has 0 aliphatic carbocycles. The van der Waals surface area contributed by atoms with Gasteiger partial charge in [-0.3, -0.25) is 9.48 Å². The topological polar surface area (TPSA) is 117 Å². The molecular weight excluding hydrogens is 462 g/mol. The summed E-state index contributed by atoms with van der Waals surface area (Å²) in [5.74, 6) is 1.14. The molecular formula is C26H33N5O5. The zero-order valence-corrected chi connectivity index (χ0v) is 21.7. The Hall–Kier alpha value is -3.95. The summed E-state index contributed by atoms with van der Waals surface area (Å²) >= 11 is 0. The van der Waals surface area contributed by atoms with E-state index >= 15 is 0 Å². The van der Waals surface area contributed by atoms with E-state index in [1.54, 1.807) is 18.7 Å². The third-order valence-corrected chi connectivity index (χ3v) is 5.39. The molecule has 0 aliphatic rings. The van der Waals surface area contributed by atoms with Gasteiger partial charge in [0.2, 0.25) is 5.75 Å². The number of pyridine rings is 1. The number of methoxy groups -OCH3 is 1. The Labute approximate surface area is 211 Å². The predicted molar refractivity (Wildman–Crippen MR) is 134 cm³/mol. The summed E-state index contributed by atoms with van der Waals surface area (Å²) in [6.07, 6.45) is 0.449. The number of rotatable bonds is 9. The van der Waals surface area contributed by atoms with Crippen LogP contribution in [0.4, 0.5) is 4.79 Å². The Morgan fingerprint density at radius 3 is 2.36 bits per heavy atom. The molecule has 1 amide bonds. The third kappa shape index (κ3) is 6.38. The number of nitrogens with one attached hydrogen (secondary N) is 1. The molecule has 0 radical (unpaired) electrons. The fourth-order valence-corrected chi connectivity index (χ4v) is 3.44. The molecule has 1 N–H and O–H groups in total. The highest BCUT2D eigenvalue weighted by atomic mass is 16.7. The maximum atomic E-state index is 13.1. The second kappa shape index (κ2) is 11.7. The van der Waals surface area contributed by atoms with Gasteiger partial charge < -0.3 is 19.5 Å². The van der Waals surface area contributed by atoms with Crippen LogP contribution >= 0.6 is 0 Å². The zero-order chi connectivity index (χ0) is 26.4. The summed E-state index contributed by atoms with van der Waals surface area (Å²) in [4.78, 5) is 34.0. The first-order valence-corrected chi connectivity index (χ1v) is 11.8. The van der Waals surface area contributed by atoms with Crippen molar-refractivity contribution in [2.45, 2.75) is 46.6 Å². The van der Waals surface area contributed by atoms with Crippen LogP contribution in [0.3, 0.4) is 0 Å². The van der Waals surface area contributed by atoms with Crippen molar-refractivity contribution in [2.75, 3.05) is 13.7 Å². The molecule has 0 spiro atoms. The molecule has 2 aromatic heterocycles. The third-order valence-electron chi connectivity index (χ3n) is 5.39. The van der Waals surface area contributed by atoms with Crippen LogP contribution in [0.1, 0.15) is 68.5 Å². The summed E-state index contributed by atoms with van der Waals surface area (Å²) in [5.41, 5.74) is 1.99. The van der Waals surface area contributed by atoms with E-state index in [-0.39, 0.29) is 29.7 Å². The lowest BCUT2D eigenvalue weighted by molar-refractivity contribution is 0.0852. The molecule has 10 nitrogen and oxygen atoms in total. The molecule has 0 unspecified atom stereocenters. The number of aromatic nitrogens is 4. The van der Waals surface area contributed by atoms with Crippen molar-refractivity contribution in [3.8, 4) is 22.9 Å². The van der Waals surface area contributed by atoms with E-state index in [1.165, 1.54) is 24.9 Å². The Balaban J connectivity index is 1.79. The first-order chi connectivity index (χ1) is 17.1. The van der Waals surface area contributed by atoms with Gasteiger partial charge in [0, 0.05) is 24.9 Å². The first kappa shape index (κ1) is 26.7. The fourth-order valence-electron chi connectivity index (χ4n) is 3.44. The maximum Gasteiger partial charge on any atom is 0.514 e. The maximum absolute atomic E-state index is 13.1. The molecule has 0 saturated carbocycles. The van der Waals surface area contributed by atoms with Crippen LogP contribution in [0.15, 0.2) is 36.5 Å². The van der Waals surface area contributed by atoms with Crippen LogP contribution in [-0.4, -0.2) is 45.5 Å². The molecule has 0 fully saturated rings. The van der Waals surface area contributed by atoms with E-state index in [1.807, 2.05) is 26.0 Å². The van der Waals surface area contributed by atoms with Crippen molar-refractivity contribution < 1.29 is 23.8 Å². The average Bonchev–Trinajstić information content (AvgIpc) is 3.24. The summed E-state index contributed by atoms with van der Waals surface area (Å²) in [5, 5.41) is 7.35. The average molecular weight is 496 g/mol. The van der Waals surface area contributed by atoms with Crippen molar-refractivity contribution in [3.05, 3.63) is 53.6 Å². The highest BCUT2D eigenvalue weighted by molar-refractivity contribution is 5.96. The van der Waals surface area contributed by atoms with Crippen LogP contribution in [0.2, 0.25) is 0 Å². The minimum absolute atomic E-state index is 0.116. The van der Waals surface area contributed by atoms with Gasteiger partial charge >= 0.3 is 6.16 Å². The van der Waals surface area contributed by atoms with E-state index < -0.39 is 18.1 Å². The van der Waals surface area contributed by atoms with Crippen molar-refractivity contribution in [1.82, 2.24) is 25.1 Å². The smallest absolute Gasteiger partial charge is 0.493 e. The summed E-state index contributed by atoms with van der Waals surface area (Å²) in [7, 11) is 3.17. The van der Waals surface area contributed by atoms with Crippen molar-refractivity contribution in [2.24, 2.45) is 13.0 Å². The number of carbonyl (C=O) groups excluding carboxylic acids is 2. The Kier molecular flexibility index (Phi) is 8.63. The number of ether oxygens (including phenoxy) is 3. The highest BCUT2D eigenvalue weighted by Crippen LogP contribution is 2.30. The molecule has 0 bridgehead atoms. The zero-order valence-electron chi connectivity index (χ0n) is 21.7. The number of benzene rings is 1. The Bertz CT molecular complexity index is 1200. The van der Waals surface area contributed by atoms with E-state index in [0.717, 1.165) is 5.56 Å². The van der Waals surface area contributed by atoms with Crippen LogP contribution in [-0.2, 0) is 11.8 Å². The van der Waals surface area contributed by atoms with Gasteiger partial charge in [-0.2, -0.15) is 5.10 Å². The number of hydrogen-bond acceptors (Lipinski definition) is 8. The first-order valence-electron chi connectivity index (χ1n) is 11.8. The molecule has 192 valence electrons. The Morgan fingerprint density at radius 2 is 1.75 bits per heavy atom. The van der Waals surface area contributed by atoms with Crippen molar-refractivity contribution in [3.63, 3.8) is 0 Å². The molecule has 3 rings (SSSR count). The summed E-state index contributed by atoms with van der Waals surface area (Å²) in [6, 6.07) is 9.06. The molecule has 1 atom stereocenters. The normalized spacial score (nSPS) is 11.9. The molecule has 2 heterocycles. The Morgan fingerprint density at radius 1 is 1.06 bits per heavy atom. The summed E-state index contributed by atoms with van der Waals surface area (Å²) < 4.78 is 17.3. The number of amides is 1. The lowest BCUT2D eigenvalue weighted by Gasteiger charge is -2.16. The van der Waals surface area contributed by atoms with Crippen LogP contribution in [0.25, 0.3) is 11.4 Å². The van der Waals surface area contributed by atoms with Gasteiger partial charge in [-0.1, -0.05) is 52.0 Å². The van der Waals surface area contributed by atoms with Gasteiger partial charge in [0.05, 0.1) is 19.8 Å². The number of hydrogen-bond donors (Lipinski definition) is 1. The van der Waals surface area contributed by atoms with Gasteiger partial charge in [0.15, 0.2) is 17.3 Å². The predicted octanol–water partition coefficient (Wildman–Crippen LogP) is 4.67. The number of aryl methyl sites for hydroxylation is 1. The quantitative estimate of drug-likeness (QED) is 0.426. The highest BCUT2D eigenvalue weighted by Gasteiger charge is 2.25. The molecule has 1 aromatic carbocycles. The van der Waals surface area contributed by atoms with Crippen molar-refractivity contribution in [1.29, 1.82) is 0 Å². The van der Waals surface area contributed by atoms with E-state index in [9.17, 15) is 9.59 Å². The molecule has 3 aromatic rings. The number of carbonyl (C=O) groups is 2. The van der Waals surface area contributed by atoms with E-state index in [4.69, 9.17) is 14.2 Å². The van der Waals surface area contributed by atoms with Gasteiger partial charge in [0.1, 0.15) is 5.82 Å². The van der Waals surface area contributed by atoms with E-state index in [2.05, 4.69) is 46.4 Å². The number of nitrogens with zero attached hydrogens (tertiary/aromatic N) is 4. The standard InChI is InChI=1S/C26H33N5O5/c1-15(2)14-35-26(33)36-22-20(34-7)12-13-27-21(22)25(32)28-17(5)24-29-23(30-31(24)6)19-10-8-18(9-11-19)16(3)4/h8-13,15-17H,14H2,1-7H3,(H,28,32)/t17-/m0/s1. The molecule has 0 saturated heterocycles.